The summed E-state index contributed by atoms with van der Waals surface area (Å²) in [4.78, 5) is 11.6. The second-order valence-electron chi connectivity index (χ2n) is 5.89. The zero-order chi connectivity index (χ0) is 13.8. The topological polar surface area (TPSA) is 26.3 Å². The molecule has 0 saturated heterocycles. The molecule has 0 amide bonds. The second-order valence-corrected chi connectivity index (χ2v) is 5.89. The van der Waals surface area contributed by atoms with E-state index in [1.54, 1.807) is 6.42 Å². The van der Waals surface area contributed by atoms with E-state index in [1.807, 2.05) is 0 Å². The fraction of sp³-hybridized carbons (Fsp3) is 0.882. The second kappa shape index (κ2) is 11.3. The van der Waals surface area contributed by atoms with E-state index in [2.05, 4.69) is 6.92 Å². The summed E-state index contributed by atoms with van der Waals surface area (Å²) >= 11 is 0. The van der Waals surface area contributed by atoms with Crippen LogP contribution in [0.4, 0.5) is 0 Å². The first-order chi connectivity index (χ1) is 9.33. The minimum absolute atomic E-state index is 0.0975. The molecule has 0 bridgehead atoms. The minimum Gasteiger partial charge on any atom is -0.465 e. The van der Waals surface area contributed by atoms with Crippen LogP contribution in [0.2, 0.25) is 0 Å². The highest BCUT2D eigenvalue weighted by atomic mass is 16.5. The number of ether oxygens (including phenoxy) is 1. The molecule has 0 atom stereocenters. The molecule has 0 aliphatic heterocycles. The maximum atomic E-state index is 11.6. The molecule has 0 N–H and O–H groups in total. The largest absolute Gasteiger partial charge is 0.465 e. The highest BCUT2D eigenvalue weighted by Gasteiger charge is 2.14. The molecule has 2 heteroatoms. The fourth-order valence-corrected chi connectivity index (χ4v) is 2.76. The van der Waals surface area contributed by atoms with E-state index >= 15 is 0 Å². The first kappa shape index (κ1) is 16.5. The molecule has 1 fully saturated rings. The Morgan fingerprint density at radius 1 is 1.05 bits per heavy atom. The SMILES string of the molecule is CCCCCCC[CH]C(=O)OCC1CCCCCC1. The van der Waals surface area contributed by atoms with Gasteiger partial charge in [0, 0.05) is 0 Å². The average molecular weight is 267 g/mol. The summed E-state index contributed by atoms with van der Waals surface area (Å²) in [5.74, 6) is 0.518. The molecule has 2 nitrogen and oxygen atoms in total. The van der Waals surface area contributed by atoms with E-state index in [-0.39, 0.29) is 5.97 Å². The molecule has 0 aromatic rings. The van der Waals surface area contributed by atoms with E-state index in [0.29, 0.717) is 12.5 Å². The van der Waals surface area contributed by atoms with E-state index in [9.17, 15) is 4.79 Å². The number of esters is 1. The van der Waals surface area contributed by atoms with Crippen LogP contribution in [0.1, 0.15) is 84.0 Å². The molecule has 0 spiro atoms. The number of hydrogen-bond donors (Lipinski definition) is 0. The van der Waals surface area contributed by atoms with E-state index in [0.717, 1.165) is 12.8 Å². The smallest absolute Gasteiger partial charge is 0.309 e. The molecule has 0 aromatic carbocycles. The van der Waals surface area contributed by atoms with Gasteiger partial charge in [-0.25, -0.2) is 0 Å². The minimum atomic E-state index is -0.0975. The van der Waals surface area contributed by atoms with Gasteiger partial charge in [0.05, 0.1) is 13.0 Å². The summed E-state index contributed by atoms with van der Waals surface area (Å²) in [5.41, 5.74) is 0. The Morgan fingerprint density at radius 3 is 2.42 bits per heavy atom. The van der Waals surface area contributed by atoms with E-state index in [4.69, 9.17) is 4.74 Å². The van der Waals surface area contributed by atoms with Crippen LogP contribution in [0.5, 0.6) is 0 Å². The predicted octanol–water partition coefficient (Wildman–Crippen LogP) is 5.06. The molecular formula is C17H31O2. The Labute approximate surface area is 119 Å². The molecule has 1 aliphatic carbocycles. The van der Waals surface area contributed by atoms with Gasteiger partial charge in [-0.05, 0) is 25.2 Å². The number of carbonyl (C=O) groups excluding carboxylic acids is 1. The first-order valence-electron chi connectivity index (χ1n) is 8.33. The van der Waals surface area contributed by atoms with Crippen LogP contribution in [-0.2, 0) is 9.53 Å². The molecule has 1 rings (SSSR count). The third-order valence-corrected chi connectivity index (χ3v) is 4.05. The molecule has 111 valence electrons. The lowest BCUT2D eigenvalue weighted by molar-refractivity contribution is -0.141. The van der Waals surface area contributed by atoms with Crippen LogP contribution in [0.15, 0.2) is 0 Å². The van der Waals surface area contributed by atoms with Crippen LogP contribution >= 0.6 is 0 Å². The van der Waals surface area contributed by atoms with Crippen molar-refractivity contribution >= 4 is 5.97 Å². The normalized spacial score (nSPS) is 17.1. The van der Waals surface area contributed by atoms with Crippen molar-refractivity contribution in [2.45, 2.75) is 84.0 Å². The Bertz CT molecular complexity index is 217. The van der Waals surface area contributed by atoms with Gasteiger partial charge in [0.1, 0.15) is 0 Å². The highest BCUT2D eigenvalue weighted by Crippen LogP contribution is 2.23. The maximum absolute atomic E-state index is 11.6. The zero-order valence-electron chi connectivity index (χ0n) is 12.7. The van der Waals surface area contributed by atoms with Gasteiger partial charge >= 0.3 is 5.97 Å². The van der Waals surface area contributed by atoms with Gasteiger partial charge in [0.25, 0.3) is 0 Å². The van der Waals surface area contributed by atoms with Crippen LogP contribution in [-0.4, -0.2) is 12.6 Å². The van der Waals surface area contributed by atoms with Crippen molar-refractivity contribution in [1.82, 2.24) is 0 Å². The van der Waals surface area contributed by atoms with Crippen molar-refractivity contribution in [2.24, 2.45) is 5.92 Å². The Morgan fingerprint density at radius 2 is 1.74 bits per heavy atom. The van der Waals surface area contributed by atoms with Gasteiger partial charge in [0.15, 0.2) is 0 Å². The van der Waals surface area contributed by atoms with Gasteiger partial charge in [-0.15, -0.1) is 0 Å². The van der Waals surface area contributed by atoms with Gasteiger partial charge < -0.3 is 4.74 Å². The summed E-state index contributed by atoms with van der Waals surface area (Å²) in [6.07, 6.45) is 16.7. The Balaban J connectivity index is 1.95. The zero-order valence-corrected chi connectivity index (χ0v) is 12.7. The Kier molecular flexibility index (Phi) is 9.84. The van der Waals surface area contributed by atoms with E-state index < -0.39 is 0 Å². The third-order valence-electron chi connectivity index (χ3n) is 4.05. The number of unbranched alkanes of at least 4 members (excludes halogenated alkanes) is 5. The van der Waals surface area contributed by atoms with Crippen molar-refractivity contribution in [1.29, 1.82) is 0 Å². The van der Waals surface area contributed by atoms with Crippen LogP contribution in [0, 0.1) is 12.3 Å². The van der Waals surface area contributed by atoms with Gasteiger partial charge in [-0.3, -0.25) is 4.79 Å². The highest BCUT2D eigenvalue weighted by molar-refractivity contribution is 5.78. The molecule has 0 heterocycles. The van der Waals surface area contributed by atoms with Crippen molar-refractivity contribution in [2.75, 3.05) is 6.61 Å². The van der Waals surface area contributed by atoms with Crippen LogP contribution in [0.3, 0.4) is 0 Å². The predicted molar refractivity (Wildman–Crippen MR) is 79.8 cm³/mol. The van der Waals surface area contributed by atoms with Crippen LogP contribution in [0.25, 0.3) is 0 Å². The molecule has 0 unspecified atom stereocenters. The quantitative estimate of drug-likeness (QED) is 0.331. The summed E-state index contributed by atoms with van der Waals surface area (Å²) in [6, 6.07) is 0. The summed E-state index contributed by atoms with van der Waals surface area (Å²) in [6.45, 7) is 2.86. The Hall–Kier alpha value is -0.530. The van der Waals surface area contributed by atoms with Gasteiger partial charge in [0.2, 0.25) is 0 Å². The molecule has 1 radical (unpaired) electrons. The summed E-state index contributed by atoms with van der Waals surface area (Å²) < 4.78 is 5.37. The number of hydrogen-bond acceptors (Lipinski definition) is 2. The van der Waals surface area contributed by atoms with Crippen molar-refractivity contribution in [3.8, 4) is 0 Å². The lowest BCUT2D eigenvalue weighted by Crippen LogP contribution is -2.14. The van der Waals surface area contributed by atoms with Crippen molar-refractivity contribution in [3.63, 3.8) is 0 Å². The van der Waals surface area contributed by atoms with E-state index in [1.165, 1.54) is 64.2 Å². The van der Waals surface area contributed by atoms with Crippen LogP contribution < -0.4 is 0 Å². The molecular weight excluding hydrogens is 236 g/mol. The number of carbonyl (C=O) groups is 1. The summed E-state index contributed by atoms with van der Waals surface area (Å²) in [7, 11) is 0. The monoisotopic (exact) mass is 267 g/mol. The van der Waals surface area contributed by atoms with Gasteiger partial charge in [-0.2, -0.15) is 0 Å². The maximum Gasteiger partial charge on any atom is 0.309 e. The average Bonchev–Trinajstić information content (AvgIpc) is 2.69. The summed E-state index contributed by atoms with van der Waals surface area (Å²) in [5, 5.41) is 0. The molecule has 1 saturated carbocycles. The fourth-order valence-electron chi connectivity index (χ4n) is 2.76. The third kappa shape index (κ3) is 9.07. The van der Waals surface area contributed by atoms with Gasteiger partial charge in [-0.1, -0.05) is 64.7 Å². The molecule has 19 heavy (non-hydrogen) atoms. The molecule has 0 aromatic heterocycles. The lowest BCUT2D eigenvalue weighted by atomic mass is 10.0. The lowest BCUT2D eigenvalue weighted by Gasteiger charge is -2.13. The first-order valence-corrected chi connectivity index (χ1v) is 8.33. The molecule has 1 aliphatic rings. The standard InChI is InChI=1S/C17H31O2/c1-2-3-4-5-6-11-14-17(18)19-15-16-12-9-7-8-10-13-16/h14,16H,2-13,15H2,1H3. The van der Waals surface area contributed by atoms with Crippen molar-refractivity contribution < 1.29 is 9.53 Å². The van der Waals surface area contributed by atoms with Crippen molar-refractivity contribution in [3.05, 3.63) is 6.42 Å². The number of rotatable bonds is 9.